The fourth-order valence-corrected chi connectivity index (χ4v) is 4.13. The van der Waals surface area contributed by atoms with Gasteiger partial charge in [0.25, 0.3) is 0 Å². The Balaban J connectivity index is 1.38. The fourth-order valence-electron chi connectivity index (χ4n) is 4.13. The summed E-state index contributed by atoms with van der Waals surface area (Å²) in [6.45, 7) is 5.57. The van der Waals surface area contributed by atoms with Crippen LogP contribution in [-0.4, -0.2) is 50.0 Å². The zero-order valence-electron chi connectivity index (χ0n) is 10.6. The summed E-state index contributed by atoms with van der Waals surface area (Å²) in [7, 11) is 0. The van der Waals surface area contributed by atoms with Crippen LogP contribution in [0.15, 0.2) is 0 Å². The van der Waals surface area contributed by atoms with Crippen molar-refractivity contribution in [2.24, 2.45) is 11.3 Å². The van der Waals surface area contributed by atoms with E-state index >= 15 is 0 Å². The minimum absolute atomic E-state index is 0.531. The van der Waals surface area contributed by atoms with E-state index in [9.17, 15) is 0 Å². The van der Waals surface area contributed by atoms with Gasteiger partial charge in [0, 0.05) is 19.6 Å². The molecule has 96 valence electrons. The molecule has 4 aliphatic rings. The maximum Gasteiger partial charge on any atom is 0.0936 e. The van der Waals surface area contributed by atoms with Crippen LogP contribution in [-0.2, 0) is 9.47 Å². The fraction of sp³-hybridized carbons (Fsp3) is 1.00. The van der Waals surface area contributed by atoms with Gasteiger partial charge in [-0.1, -0.05) is 0 Å². The van der Waals surface area contributed by atoms with Crippen molar-refractivity contribution >= 4 is 0 Å². The summed E-state index contributed by atoms with van der Waals surface area (Å²) in [5.41, 5.74) is 0.675. The van der Waals surface area contributed by atoms with Gasteiger partial charge < -0.3 is 9.47 Å². The molecule has 0 spiro atoms. The Morgan fingerprint density at radius 2 is 1.59 bits per heavy atom. The average molecular weight is 237 g/mol. The quantitative estimate of drug-likeness (QED) is 0.658. The van der Waals surface area contributed by atoms with Crippen molar-refractivity contribution in [2.75, 3.05) is 32.8 Å². The highest BCUT2D eigenvalue weighted by Gasteiger charge is 2.46. The van der Waals surface area contributed by atoms with E-state index in [1.165, 1.54) is 38.6 Å². The lowest BCUT2D eigenvalue weighted by Gasteiger charge is -2.33. The standard InChI is InChI=1S/C14H23NO2/c1-3-14(4-2-11(1)5-14)10-15(6-12-8-16-12)7-13-9-17-13/h11-13H,1-10H2. The van der Waals surface area contributed by atoms with Crippen LogP contribution in [0.2, 0.25) is 0 Å². The molecule has 2 bridgehead atoms. The van der Waals surface area contributed by atoms with Crippen molar-refractivity contribution < 1.29 is 9.47 Å². The number of ether oxygens (including phenoxy) is 2. The molecule has 2 atom stereocenters. The summed E-state index contributed by atoms with van der Waals surface area (Å²) in [5, 5.41) is 0. The van der Waals surface area contributed by atoms with Crippen LogP contribution in [0.1, 0.15) is 32.1 Å². The molecule has 2 aliphatic heterocycles. The zero-order valence-corrected chi connectivity index (χ0v) is 10.6. The summed E-state index contributed by atoms with van der Waals surface area (Å²) in [6, 6.07) is 0. The number of epoxide rings is 2. The number of hydrogen-bond acceptors (Lipinski definition) is 3. The Bertz CT molecular complexity index is 277. The van der Waals surface area contributed by atoms with Crippen molar-refractivity contribution in [3.05, 3.63) is 0 Å². The van der Waals surface area contributed by atoms with Crippen LogP contribution in [0.4, 0.5) is 0 Å². The van der Waals surface area contributed by atoms with Crippen LogP contribution < -0.4 is 0 Å². The largest absolute Gasteiger partial charge is 0.372 e. The maximum atomic E-state index is 5.40. The van der Waals surface area contributed by atoms with Crippen molar-refractivity contribution in [3.8, 4) is 0 Å². The average Bonchev–Trinajstić information content (AvgIpc) is 3.22. The molecule has 0 aromatic rings. The molecule has 3 heteroatoms. The van der Waals surface area contributed by atoms with E-state index in [4.69, 9.17) is 9.47 Å². The topological polar surface area (TPSA) is 28.3 Å². The van der Waals surface area contributed by atoms with Gasteiger partial charge in [0.15, 0.2) is 0 Å². The Morgan fingerprint density at radius 1 is 1.00 bits per heavy atom. The molecule has 2 saturated carbocycles. The highest BCUT2D eigenvalue weighted by molar-refractivity contribution is 4.98. The molecule has 4 fully saturated rings. The molecule has 4 rings (SSSR count). The van der Waals surface area contributed by atoms with Crippen molar-refractivity contribution in [2.45, 2.75) is 44.3 Å². The van der Waals surface area contributed by atoms with E-state index in [1.54, 1.807) is 0 Å². The molecule has 0 amide bonds. The lowest BCUT2D eigenvalue weighted by atomic mass is 9.83. The lowest BCUT2D eigenvalue weighted by molar-refractivity contribution is 0.134. The highest BCUT2D eigenvalue weighted by Crippen LogP contribution is 2.54. The van der Waals surface area contributed by atoms with Crippen LogP contribution in [0, 0.1) is 11.3 Å². The van der Waals surface area contributed by atoms with Crippen LogP contribution in [0.5, 0.6) is 0 Å². The van der Waals surface area contributed by atoms with E-state index in [0.717, 1.165) is 32.2 Å². The summed E-state index contributed by atoms with van der Waals surface area (Å²) in [5.74, 6) is 1.06. The molecule has 0 aromatic heterocycles. The Morgan fingerprint density at radius 3 is 2.00 bits per heavy atom. The minimum Gasteiger partial charge on any atom is -0.372 e. The van der Waals surface area contributed by atoms with E-state index in [2.05, 4.69) is 4.90 Å². The second kappa shape index (κ2) is 3.94. The summed E-state index contributed by atoms with van der Waals surface area (Å²) < 4.78 is 10.8. The summed E-state index contributed by atoms with van der Waals surface area (Å²) in [6.07, 6.45) is 8.51. The first-order valence-corrected chi connectivity index (χ1v) is 7.27. The Labute approximate surface area is 103 Å². The maximum absolute atomic E-state index is 5.40. The predicted molar refractivity (Wildman–Crippen MR) is 64.9 cm³/mol. The Hall–Kier alpha value is -0.120. The van der Waals surface area contributed by atoms with Gasteiger partial charge >= 0.3 is 0 Å². The monoisotopic (exact) mass is 237 g/mol. The van der Waals surface area contributed by atoms with Gasteiger partial charge in [0.2, 0.25) is 0 Å². The van der Waals surface area contributed by atoms with E-state index in [0.29, 0.717) is 17.6 Å². The SMILES string of the molecule is C1CC2(CN(CC3CO3)CC3CO3)CCC1C2. The number of hydrogen-bond donors (Lipinski definition) is 0. The zero-order chi connectivity index (χ0) is 11.3. The number of fused-ring (bicyclic) bond motifs is 2. The first kappa shape index (κ1) is 10.8. The number of rotatable bonds is 6. The van der Waals surface area contributed by atoms with Gasteiger partial charge in [-0.05, 0) is 43.4 Å². The van der Waals surface area contributed by atoms with Gasteiger partial charge in [-0.2, -0.15) is 0 Å². The molecule has 0 radical (unpaired) electrons. The third-order valence-corrected chi connectivity index (χ3v) is 5.17. The first-order valence-electron chi connectivity index (χ1n) is 7.27. The van der Waals surface area contributed by atoms with Crippen molar-refractivity contribution in [1.82, 2.24) is 4.90 Å². The molecular weight excluding hydrogens is 214 g/mol. The minimum atomic E-state index is 0.531. The molecular formula is C14H23NO2. The molecule has 2 aliphatic carbocycles. The van der Waals surface area contributed by atoms with E-state index in [1.807, 2.05) is 0 Å². The molecule has 3 nitrogen and oxygen atoms in total. The second-order valence-corrected chi connectivity index (χ2v) is 6.75. The predicted octanol–water partition coefficient (Wildman–Crippen LogP) is 1.67. The van der Waals surface area contributed by atoms with Gasteiger partial charge in [0.05, 0.1) is 25.4 Å². The van der Waals surface area contributed by atoms with Gasteiger partial charge in [-0.25, -0.2) is 0 Å². The van der Waals surface area contributed by atoms with Gasteiger partial charge in [-0.15, -0.1) is 0 Å². The van der Waals surface area contributed by atoms with Gasteiger partial charge in [-0.3, -0.25) is 4.90 Å². The summed E-state index contributed by atoms with van der Waals surface area (Å²) in [4.78, 5) is 2.64. The normalized spacial score (nSPS) is 46.8. The van der Waals surface area contributed by atoms with Crippen molar-refractivity contribution in [3.63, 3.8) is 0 Å². The van der Waals surface area contributed by atoms with Gasteiger partial charge in [0.1, 0.15) is 0 Å². The molecule has 0 aromatic carbocycles. The molecule has 2 unspecified atom stereocenters. The lowest BCUT2D eigenvalue weighted by Crippen LogP contribution is -2.39. The number of nitrogens with zero attached hydrogens (tertiary/aromatic N) is 1. The van der Waals surface area contributed by atoms with Crippen LogP contribution >= 0.6 is 0 Å². The molecule has 0 N–H and O–H groups in total. The van der Waals surface area contributed by atoms with Crippen LogP contribution in [0.3, 0.4) is 0 Å². The third kappa shape index (κ3) is 2.38. The highest BCUT2D eigenvalue weighted by atomic mass is 16.6. The van der Waals surface area contributed by atoms with Crippen LogP contribution in [0.25, 0.3) is 0 Å². The molecule has 2 saturated heterocycles. The molecule has 17 heavy (non-hydrogen) atoms. The van der Waals surface area contributed by atoms with E-state index < -0.39 is 0 Å². The summed E-state index contributed by atoms with van der Waals surface area (Å²) >= 11 is 0. The molecule has 2 heterocycles. The third-order valence-electron chi connectivity index (χ3n) is 5.17. The first-order chi connectivity index (χ1) is 8.31. The smallest absolute Gasteiger partial charge is 0.0936 e. The van der Waals surface area contributed by atoms with Crippen molar-refractivity contribution in [1.29, 1.82) is 0 Å². The van der Waals surface area contributed by atoms with E-state index in [-0.39, 0.29) is 0 Å². The second-order valence-electron chi connectivity index (χ2n) is 6.75. The Kier molecular flexibility index (Phi) is 2.50.